The van der Waals surface area contributed by atoms with Crippen LogP contribution in [0.5, 0.6) is 5.75 Å². The molecule has 4 atom stereocenters. The molecule has 2 heterocycles. The van der Waals surface area contributed by atoms with Crippen molar-refractivity contribution >= 4 is 0 Å². The van der Waals surface area contributed by atoms with Gasteiger partial charge in [-0.3, -0.25) is 0 Å². The third-order valence-corrected chi connectivity index (χ3v) is 5.49. The maximum absolute atomic E-state index is 14.9. The molecule has 7 nitrogen and oxygen atoms in total. The van der Waals surface area contributed by atoms with Crippen LogP contribution in [0.15, 0.2) is 48.8 Å². The molecule has 0 unspecified atom stereocenters. The van der Waals surface area contributed by atoms with Gasteiger partial charge in [-0.15, -0.1) is 0 Å². The molecular formula is C25H24F2N2O5. The lowest BCUT2D eigenvalue weighted by Crippen LogP contribution is -2.29. The zero-order chi connectivity index (χ0) is 24.2. The number of nitrogens with zero attached hydrogens (tertiary/aromatic N) is 2. The summed E-state index contributed by atoms with van der Waals surface area (Å²) in [6, 6.07) is 8.43. The first-order valence-corrected chi connectivity index (χ1v) is 10.7. The fourth-order valence-corrected chi connectivity index (χ4v) is 3.67. The Hall–Kier alpha value is -3.29. The molecule has 0 radical (unpaired) electrons. The highest BCUT2D eigenvalue weighted by atomic mass is 19.2. The Labute approximate surface area is 195 Å². The first-order chi connectivity index (χ1) is 16.4. The Kier molecular flexibility index (Phi) is 7.24. The lowest BCUT2D eigenvalue weighted by Gasteiger charge is -2.15. The number of aliphatic hydroxyl groups is 3. The van der Waals surface area contributed by atoms with E-state index in [0.29, 0.717) is 17.1 Å². The van der Waals surface area contributed by atoms with Gasteiger partial charge in [0.1, 0.15) is 35.9 Å². The summed E-state index contributed by atoms with van der Waals surface area (Å²) in [7, 11) is 0. The number of halogens is 2. The van der Waals surface area contributed by atoms with Gasteiger partial charge >= 0.3 is 0 Å². The number of aromatic nitrogens is 2. The van der Waals surface area contributed by atoms with Gasteiger partial charge in [-0.2, -0.15) is 0 Å². The van der Waals surface area contributed by atoms with Crippen LogP contribution < -0.4 is 4.74 Å². The Morgan fingerprint density at radius 3 is 2.59 bits per heavy atom. The Morgan fingerprint density at radius 2 is 1.94 bits per heavy atom. The molecule has 0 aliphatic carbocycles. The molecule has 0 bridgehead atoms. The Morgan fingerprint density at radius 1 is 1.18 bits per heavy atom. The molecule has 178 valence electrons. The third-order valence-electron chi connectivity index (χ3n) is 5.49. The highest BCUT2D eigenvalue weighted by Gasteiger charge is 2.28. The molecule has 4 rings (SSSR count). The van der Waals surface area contributed by atoms with Gasteiger partial charge in [0.25, 0.3) is 0 Å². The third kappa shape index (κ3) is 4.95. The summed E-state index contributed by atoms with van der Waals surface area (Å²) >= 11 is 0. The van der Waals surface area contributed by atoms with E-state index in [1.807, 2.05) is 0 Å². The summed E-state index contributed by atoms with van der Waals surface area (Å²) in [5, 5.41) is 29.3. The van der Waals surface area contributed by atoms with Crippen LogP contribution in [-0.2, 0) is 4.74 Å². The molecule has 9 heteroatoms. The maximum Gasteiger partial charge on any atom is 0.175 e. The first kappa shape index (κ1) is 23.9. The highest BCUT2D eigenvalue weighted by molar-refractivity contribution is 5.66. The molecule has 1 aromatic heterocycles. The van der Waals surface area contributed by atoms with Crippen molar-refractivity contribution in [2.75, 3.05) is 19.8 Å². The summed E-state index contributed by atoms with van der Waals surface area (Å²) in [4.78, 5) is 4.03. The minimum atomic E-state index is -1.10. The van der Waals surface area contributed by atoms with Crippen LogP contribution in [0, 0.1) is 23.5 Å². The quantitative estimate of drug-likeness (QED) is 0.480. The van der Waals surface area contributed by atoms with Gasteiger partial charge in [0.2, 0.25) is 0 Å². The zero-order valence-corrected chi connectivity index (χ0v) is 18.4. The van der Waals surface area contributed by atoms with Gasteiger partial charge in [0, 0.05) is 18.0 Å². The van der Waals surface area contributed by atoms with E-state index in [-0.39, 0.29) is 24.3 Å². The largest absolute Gasteiger partial charge is 0.485 e. The molecule has 2 aromatic carbocycles. The van der Waals surface area contributed by atoms with Crippen molar-refractivity contribution in [1.29, 1.82) is 0 Å². The minimum Gasteiger partial charge on any atom is -0.485 e. The van der Waals surface area contributed by atoms with Gasteiger partial charge in [-0.25, -0.2) is 13.8 Å². The van der Waals surface area contributed by atoms with Gasteiger partial charge in [0.15, 0.2) is 11.6 Å². The maximum atomic E-state index is 14.9. The number of imidazole rings is 1. The highest BCUT2D eigenvalue weighted by Crippen LogP contribution is 2.28. The predicted molar refractivity (Wildman–Crippen MR) is 119 cm³/mol. The number of aliphatic hydroxyl groups excluding tert-OH is 3. The molecule has 1 aliphatic rings. The van der Waals surface area contributed by atoms with Crippen molar-refractivity contribution in [1.82, 2.24) is 9.55 Å². The van der Waals surface area contributed by atoms with Crippen molar-refractivity contribution in [2.24, 2.45) is 0 Å². The first-order valence-electron chi connectivity index (χ1n) is 10.7. The predicted octanol–water partition coefficient (Wildman–Crippen LogP) is 2.61. The number of hydrogen-bond donors (Lipinski definition) is 3. The van der Waals surface area contributed by atoms with E-state index in [4.69, 9.17) is 9.47 Å². The minimum absolute atomic E-state index is 0.0588. The molecule has 1 saturated heterocycles. The summed E-state index contributed by atoms with van der Waals surface area (Å²) in [6.45, 7) is 1.62. The van der Waals surface area contributed by atoms with Crippen LogP contribution >= 0.6 is 0 Å². The van der Waals surface area contributed by atoms with E-state index in [1.54, 1.807) is 30.5 Å². The van der Waals surface area contributed by atoms with Crippen molar-refractivity contribution in [2.45, 2.75) is 31.3 Å². The van der Waals surface area contributed by atoms with Gasteiger partial charge in [-0.1, -0.05) is 24.0 Å². The summed E-state index contributed by atoms with van der Waals surface area (Å²) in [5.74, 6) is 3.93. The Bertz CT molecular complexity index is 1200. The normalized spacial score (nSPS) is 19.4. The smallest absolute Gasteiger partial charge is 0.175 e. The fraction of sp³-hybridized carbons (Fsp3) is 0.320. The second kappa shape index (κ2) is 10.3. The fourth-order valence-electron chi connectivity index (χ4n) is 3.67. The second-order valence-electron chi connectivity index (χ2n) is 7.91. The van der Waals surface area contributed by atoms with Crippen molar-refractivity contribution < 1.29 is 33.6 Å². The SMILES string of the molecule is C[C@H](O)c1nccn1[C@@H](C#Cc1ccc(-c2ccc(O[C@@H]3COC[C@H]3O)cc2)c(F)c1F)CO. The zero-order valence-electron chi connectivity index (χ0n) is 18.4. The molecule has 3 aromatic rings. The van der Waals surface area contributed by atoms with Crippen LogP contribution in [0.4, 0.5) is 8.78 Å². The second-order valence-corrected chi connectivity index (χ2v) is 7.91. The number of hydrogen-bond acceptors (Lipinski definition) is 6. The van der Waals surface area contributed by atoms with Crippen LogP contribution in [-0.4, -0.2) is 56.9 Å². The molecule has 1 aliphatic heterocycles. The van der Waals surface area contributed by atoms with Crippen molar-refractivity contribution in [3.63, 3.8) is 0 Å². The van der Waals surface area contributed by atoms with E-state index in [0.717, 1.165) is 0 Å². The van der Waals surface area contributed by atoms with Crippen LogP contribution in [0.3, 0.4) is 0 Å². The van der Waals surface area contributed by atoms with Crippen LogP contribution in [0.1, 0.15) is 30.5 Å². The number of ether oxygens (including phenoxy) is 2. The molecule has 0 amide bonds. The van der Waals surface area contributed by atoms with Gasteiger partial charge in [0.05, 0.1) is 25.4 Å². The van der Waals surface area contributed by atoms with Gasteiger partial charge in [-0.05, 0) is 36.8 Å². The average Bonchev–Trinajstić information content (AvgIpc) is 3.47. The molecule has 3 N–H and O–H groups in total. The van der Waals surface area contributed by atoms with E-state index in [9.17, 15) is 24.1 Å². The monoisotopic (exact) mass is 470 g/mol. The summed E-state index contributed by atoms with van der Waals surface area (Å²) in [6.07, 6.45) is 0.942. The molecule has 34 heavy (non-hydrogen) atoms. The Balaban J connectivity index is 1.54. The molecule has 1 fully saturated rings. The molecule has 0 saturated carbocycles. The summed E-state index contributed by atoms with van der Waals surface area (Å²) in [5.41, 5.74) is 0.344. The van der Waals surface area contributed by atoms with Crippen LogP contribution in [0.2, 0.25) is 0 Å². The summed E-state index contributed by atoms with van der Waals surface area (Å²) < 4.78 is 41.9. The lowest BCUT2D eigenvalue weighted by atomic mass is 10.0. The van der Waals surface area contributed by atoms with Crippen molar-refractivity contribution in [3.05, 3.63) is 71.8 Å². The van der Waals surface area contributed by atoms with E-state index < -0.39 is 42.6 Å². The van der Waals surface area contributed by atoms with Gasteiger partial charge < -0.3 is 29.4 Å². The topological polar surface area (TPSA) is 97.0 Å². The van der Waals surface area contributed by atoms with E-state index in [2.05, 4.69) is 16.8 Å². The lowest BCUT2D eigenvalue weighted by molar-refractivity contribution is 0.0733. The molecule has 0 spiro atoms. The molecular weight excluding hydrogens is 446 g/mol. The average molecular weight is 470 g/mol. The number of benzene rings is 2. The van der Waals surface area contributed by atoms with Crippen molar-refractivity contribution in [3.8, 4) is 28.7 Å². The van der Waals surface area contributed by atoms with E-state index in [1.165, 1.54) is 29.8 Å². The number of rotatable bonds is 6. The standard InChI is InChI=1S/C25H24F2N2O5/c1-15(31)25-28-10-11-29(25)18(12-30)6-2-17-5-9-20(24(27)23(17)26)16-3-7-19(8-4-16)34-22-14-33-13-21(22)32/h3-5,7-11,15,18,21-22,30-32H,12-14H2,1H3/t15-,18-,21+,22+/m0/s1. The van der Waals surface area contributed by atoms with E-state index >= 15 is 0 Å². The van der Waals surface area contributed by atoms with Crippen LogP contribution in [0.25, 0.3) is 11.1 Å².